The van der Waals surface area contributed by atoms with E-state index in [-0.39, 0.29) is 17.8 Å². The Morgan fingerprint density at radius 3 is 2.82 bits per heavy atom. The van der Waals surface area contributed by atoms with Crippen LogP contribution in [0.5, 0.6) is 0 Å². The third-order valence-corrected chi connectivity index (χ3v) is 4.34. The van der Waals surface area contributed by atoms with E-state index in [1.165, 1.54) is 18.3 Å². The van der Waals surface area contributed by atoms with Gasteiger partial charge in [0.15, 0.2) is 0 Å². The fourth-order valence-electron chi connectivity index (χ4n) is 2.99. The van der Waals surface area contributed by atoms with Crippen molar-refractivity contribution in [3.05, 3.63) is 52.6 Å². The van der Waals surface area contributed by atoms with Crippen LogP contribution in [0.15, 0.2) is 30.5 Å². The molecule has 2 aromatic rings. The standard InChI is InChI=1S/C16H17ClFN3O/c1-2-21-15(13(17)10-19-21)16(22)20-9-3-4-14(20)11-5-7-12(18)8-6-11/h5-8,10,14H,2-4,9H2,1H3/t14-/m0/s1. The van der Waals surface area contributed by atoms with Gasteiger partial charge in [-0.3, -0.25) is 9.48 Å². The van der Waals surface area contributed by atoms with Crippen LogP contribution in [0, 0.1) is 5.82 Å². The fourth-order valence-corrected chi connectivity index (χ4v) is 3.21. The number of hydrogen-bond acceptors (Lipinski definition) is 2. The Balaban J connectivity index is 1.91. The second-order valence-corrected chi connectivity index (χ2v) is 5.77. The van der Waals surface area contributed by atoms with Crippen LogP contribution in [0.2, 0.25) is 5.02 Å². The largest absolute Gasteiger partial charge is 0.330 e. The van der Waals surface area contributed by atoms with Crippen LogP contribution in [0.25, 0.3) is 0 Å². The van der Waals surface area contributed by atoms with Crippen LogP contribution in [0.1, 0.15) is 41.9 Å². The molecule has 1 aliphatic rings. The number of aromatic nitrogens is 2. The van der Waals surface area contributed by atoms with Crippen molar-refractivity contribution in [2.75, 3.05) is 6.54 Å². The van der Waals surface area contributed by atoms with Crippen molar-refractivity contribution < 1.29 is 9.18 Å². The van der Waals surface area contributed by atoms with Crippen LogP contribution in [0.3, 0.4) is 0 Å². The SMILES string of the molecule is CCn1ncc(Cl)c1C(=O)N1CCC[C@H]1c1ccc(F)cc1. The Morgan fingerprint density at radius 1 is 1.41 bits per heavy atom. The molecule has 1 aliphatic heterocycles. The first kappa shape index (κ1) is 15.0. The van der Waals surface area contributed by atoms with E-state index in [4.69, 9.17) is 11.6 Å². The van der Waals surface area contributed by atoms with Crippen molar-refractivity contribution in [3.8, 4) is 0 Å². The van der Waals surface area contributed by atoms with Crippen LogP contribution < -0.4 is 0 Å². The minimum Gasteiger partial charge on any atom is -0.330 e. The quantitative estimate of drug-likeness (QED) is 0.865. The molecular formula is C16H17ClFN3O. The topological polar surface area (TPSA) is 38.1 Å². The normalized spacial score (nSPS) is 18.0. The Bertz CT molecular complexity index is 683. The number of nitrogens with zero attached hydrogens (tertiary/aromatic N) is 3. The average molecular weight is 322 g/mol. The summed E-state index contributed by atoms with van der Waals surface area (Å²) in [6.07, 6.45) is 3.29. The predicted octanol–water partition coefficient (Wildman–Crippen LogP) is 3.67. The molecule has 116 valence electrons. The lowest BCUT2D eigenvalue weighted by atomic mass is 10.0. The number of benzene rings is 1. The van der Waals surface area contributed by atoms with Crippen LogP contribution in [-0.4, -0.2) is 27.1 Å². The minimum atomic E-state index is -0.272. The van der Waals surface area contributed by atoms with E-state index in [0.29, 0.717) is 23.8 Å². The van der Waals surface area contributed by atoms with E-state index in [2.05, 4.69) is 5.10 Å². The fraction of sp³-hybridized carbons (Fsp3) is 0.375. The third kappa shape index (κ3) is 2.61. The molecule has 0 unspecified atom stereocenters. The Hall–Kier alpha value is -1.88. The summed E-state index contributed by atoms with van der Waals surface area (Å²) in [4.78, 5) is 14.7. The summed E-state index contributed by atoms with van der Waals surface area (Å²) in [5.74, 6) is -0.386. The van der Waals surface area contributed by atoms with Gasteiger partial charge in [0.05, 0.1) is 17.3 Å². The van der Waals surface area contributed by atoms with E-state index in [1.807, 2.05) is 11.8 Å². The number of carbonyl (C=O) groups excluding carboxylic acids is 1. The molecule has 1 aromatic carbocycles. The molecule has 1 atom stereocenters. The summed E-state index contributed by atoms with van der Waals surface area (Å²) in [5.41, 5.74) is 1.38. The first-order chi connectivity index (χ1) is 10.6. The lowest BCUT2D eigenvalue weighted by Crippen LogP contribution is -2.32. The lowest BCUT2D eigenvalue weighted by molar-refractivity contribution is 0.0723. The molecule has 2 heterocycles. The van der Waals surface area contributed by atoms with Gasteiger partial charge in [-0.25, -0.2) is 4.39 Å². The van der Waals surface area contributed by atoms with Gasteiger partial charge in [0, 0.05) is 13.1 Å². The molecule has 3 rings (SSSR count). The zero-order valence-electron chi connectivity index (χ0n) is 12.3. The van der Waals surface area contributed by atoms with Crippen molar-refractivity contribution in [2.45, 2.75) is 32.4 Å². The monoisotopic (exact) mass is 321 g/mol. The second-order valence-electron chi connectivity index (χ2n) is 5.37. The number of carbonyl (C=O) groups is 1. The van der Waals surface area contributed by atoms with Crippen LogP contribution in [-0.2, 0) is 6.54 Å². The Labute approximate surface area is 133 Å². The van der Waals surface area contributed by atoms with E-state index in [0.717, 1.165) is 18.4 Å². The molecule has 0 spiro atoms. The molecule has 1 aromatic heterocycles. The summed E-state index contributed by atoms with van der Waals surface area (Å²) in [6.45, 7) is 3.18. The molecule has 1 saturated heterocycles. The molecule has 0 radical (unpaired) electrons. The first-order valence-electron chi connectivity index (χ1n) is 7.39. The highest BCUT2D eigenvalue weighted by Crippen LogP contribution is 2.34. The summed E-state index contributed by atoms with van der Waals surface area (Å²) in [6, 6.07) is 6.30. The second kappa shape index (κ2) is 6.08. The molecule has 4 nitrogen and oxygen atoms in total. The number of likely N-dealkylation sites (tertiary alicyclic amines) is 1. The molecular weight excluding hydrogens is 305 g/mol. The third-order valence-electron chi connectivity index (χ3n) is 4.07. The van der Waals surface area contributed by atoms with Gasteiger partial charge in [0.1, 0.15) is 11.5 Å². The summed E-state index contributed by atoms with van der Waals surface area (Å²) < 4.78 is 14.7. The maximum Gasteiger partial charge on any atom is 0.274 e. The summed E-state index contributed by atoms with van der Waals surface area (Å²) in [7, 11) is 0. The minimum absolute atomic E-state index is 0.0376. The van der Waals surface area contributed by atoms with Gasteiger partial charge in [-0.2, -0.15) is 5.10 Å². The zero-order valence-corrected chi connectivity index (χ0v) is 13.1. The molecule has 0 N–H and O–H groups in total. The Morgan fingerprint density at radius 2 is 2.14 bits per heavy atom. The van der Waals surface area contributed by atoms with Crippen molar-refractivity contribution >= 4 is 17.5 Å². The van der Waals surface area contributed by atoms with E-state index < -0.39 is 0 Å². The Kier molecular flexibility index (Phi) is 4.16. The highest BCUT2D eigenvalue weighted by Gasteiger charge is 2.33. The maximum atomic E-state index is 13.1. The van der Waals surface area contributed by atoms with Gasteiger partial charge in [0.2, 0.25) is 0 Å². The predicted molar refractivity (Wildman–Crippen MR) is 82.3 cm³/mol. The molecule has 0 bridgehead atoms. The van der Waals surface area contributed by atoms with Crippen molar-refractivity contribution in [1.29, 1.82) is 0 Å². The number of amides is 1. The molecule has 1 fully saturated rings. The van der Waals surface area contributed by atoms with Gasteiger partial charge in [-0.1, -0.05) is 23.7 Å². The van der Waals surface area contributed by atoms with E-state index in [1.54, 1.807) is 16.8 Å². The highest BCUT2D eigenvalue weighted by molar-refractivity contribution is 6.33. The zero-order chi connectivity index (χ0) is 15.7. The van der Waals surface area contributed by atoms with E-state index >= 15 is 0 Å². The van der Waals surface area contributed by atoms with Crippen LogP contribution in [0.4, 0.5) is 4.39 Å². The molecule has 22 heavy (non-hydrogen) atoms. The number of rotatable bonds is 3. The van der Waals surface area contributed by atoms with Crippen molar-refractivity contribution in [1.82, 2.24) is 14.7 Å². The van der Waals surface area contributed by atoms with Gasteiger partial charge < -0.3 is 4.90 Å². The molecule has 0 aliphatic carbocycles. The van der Waals surface area contributed by atoms with Gasteiger partial charge in [0.25, 0.3) is 5.91 Å². The number of aryl methyl sites for hydroxylation is 1. The average Bonchev–Trinajstić information content (AvgIpc) is 3.14. The highest BCUT2D eigenvalue weighted by atomic mass is 35.5. The summed E-state index contributed by atoms with van der Waals surface area (Å²) in [5, 5.41) is 4.50. The van der Waals surface area contributed by atoms with Gasteiger partial charge in [-0.05, 0) is 37.5 Å². The van der Waals surface area contributed by atoms with Gasteiger partial charge in [-0.15, -0.1) is 0 Å². The van der Waals surface area contributed by atoms with Crippen LogP contribution >= 0.6 is 11.6 Å². The first-order valence-corrected chi connectivity index (χ1v) is 7.77. The molecule has 1 amide bonds. The lowest BCUT2D eigenvalue weighted by Gasteiger charge is -2.25. The van der Waals surface area contributed by atoms with Crippen molar-refractivity contribution in [3.63, 3.8) is 0 Å². The molecule has 0 saturated carbocycles. The van der Waals surface area contributed by atoms with Gasteiger partial charge >= 0.3 is 0 Å². The number of halogens is 2. The summed E-state index contributed by atoms with van der Waals surface area (Å²) >= 11 is 6.13. The maximum absolute atomic E-state index is 13.1. The number of hydrogen-bond donors (Lipinski definition) is 0. The van der Waals surface area contributed by atoms with E-state index in [9.17, 15) is 9.18 Å². The van der Waals surface area contributed by atoms with Crippen molar-refractivity contribution in [2.24, 2.45) is 0 Å². The molecule has 6 heteroatoms. The smallest absolute Gasteiger partial charge is 0.274 e.